The third-order valence-electron chi connectivity index (χ3n) is 4.38. The Bertz CT molecular complexity index is 589. The van der Waals surface area contributed by atoms with Crippen molar-refractivity contribution in [2.75, 3.05) is 37.6 Å². The smallest absolute Gasteiger partial charge is 0.200 e. The van der Waals surface area contributed by atoms with E-state index in [0.717, 1.165) is 24.8 Å². The van der Waals surface area contributed by atoms with Gasteiger partial charge in [0.15, 0.2) is 11.5 Å². The van der Waals surface area contributed by atoms with Crippen LogP contribution in [0.3, 0.4) is 0 Å². The van der Waals surface area contributed by atoms with Gasteiger partial charge >= 0.3 is 0 Å². The van der Waals surface area contributed by atoms with Gasteiger partial charge in [0.25, 0.3) is 0 Å². The van der Waals surface area contributed by atoms with Crippen molar-refractivity contribution in [2.45, 2.75) is 19.3 Å². The summed E-state index contributed by atoms with van der Waals surface area (Å²) in [7, 11) is 0. The molecule has 4 rings (SSSR count). The van der Waals surface area contributed by atoms with Crippen LogP contribution in [0.4, 0.5) is 5.82 Å². The fourth-order valence-electron chi connectivity index (χ4n) is 3.33. The molecule has 0 aliphatic carbocycles. The zero-order chi connectivity index (χ0) is 13.4. The van der Waals surface area contributed by atoms with E-state index in [0.29, 0.717) is 5.65 Å². The Morgan fingerprint density at radius 3 is 2.95 bits per heavy atom. The van der Waals surface area contributed by atoms with E-state index in [1.165, 1.54) is 43.5 Å². The molecule has 2 aliphatic heterocycles. The molecule has 1 unspecified atom stereocenters. The third kappa shape index (κ3) is 2.22. The number of fused-ring (bicyclic) bond motifs is 1. The molecule has 20 heavy (non-hydrogen) atoms. The van der Waals surface area contributed by atoms with Gasteiger partial charge in [0, 0.05) is 19.6 Å². The summed E-state index contributed by atoms with van der Waals surface area (Å²) in [5.74, 6) is 1.74. The highest BCUT2D eigenvalue weighted by molar-refractivity contribution is 5.45. The van der Waals surface area contributed by atoms with Gasteiger partial charge in [-0.25, -0.2) is 0 Å². The summed E-state index contributed by atoms with van der Waals surface area (Å²) < 4.78 is 1.50. The minimum atomic E-state index is 0.696. The van der Waals surface area contributed by atoms with Crippen molar-refractivity contribution in [3.05, 3.63) is 12.1 Å². The Balaban J connectivity index is 1.44. The van der Waals surface area contributed by atoms with E-state index in [9.17, 15) is 0 Å². The second kappa shape index (κ2) is 4.97. The highest BCUT2D eigenvalue weighted by Gasteiger charge is 2.26. The summed E-state index contributed by atoms with van der Waals surface area (Å²) in [5.41, 5.74) is 0.696. The molecule has 0 radical (unpaired) electrons. The Labute approximate surface area is 117 Å². The van der Waals surface area contributed by atoms with E-state index in [1.807, 2.05) is 12.1 Å². The lowest BCUT2D eigenvalue weighted by molar-refractivity contribution is 0.289. The number of likely N-dealkylation sites (tertiary alicyclic amines) is 1. The lowest BCUT2D eigenvalue weighted by Gasteiger charge is -2.20. The SMILES string of the molecule is c1cc2nnnn2nc1N1CCC(CN2CCCC2)C1. The summed E-state index contributed by atoms with van der Waals surface area (Å²) in [5, 5.41) is 15.9. The number of hydrogen-bond acceptors (Lipinski definition) is 6. The van der Waals surface area contributed by atoms with Crippen LogP contribution in [0.1, 0.15) is 19.3 Å². The molecule has 0 bridgehead atoms. The minimum absolute atomic E-state index is 0.696. The molecule has 2 fully saturated rings. The molecule has 2 aromatic heterocycles. The highest BCUT2D eigenvalue weighted by atomic mass is 15.6. The second-order valence-corrected chi connectivity index (χ2v) is 5.83. The fourth-order valence-corrected chi connectivity index (χ4v) is 3.33. The zero-order valence-corrected chi connectivity index (χ0v) is 11.5. The molecular weight excluding hydrogens is 254 g/mol. The monoisotopic (exact) mass is 273 g/mol. The summed E-state index contributed by atoms with van der Waals surface area (Å²) >= 11 is 0. The van der Waals surface area contributed by atoms with Gasteiger partial charge in [-0.1, -0.05) is 0 Å². The van der Waals surface area contributed by atoms with Crippen LogP contribution in [0, 0.1) is 5.92 Å². The van der Waals surface area contributed by atoms with Crippen LogP contribution in [0.25, 0.3) is 5.65 Å². The summed E-state index contributed by atoms with van der Waals surface area (Å²) in [6.07, 6.45) is 3.99. The van der Waals surface area contributed by atoms with Crippen molar-refractivity contribution >= 4 is 11.5 Å². The highest BCUT2D eigenvalue weighted by Crippen LogP contribution is 2.23. The Morgan fingerprint density at radius 1 is 1.15 bits per heavy atom. The van der Waals surface area contributed by atoms with Crippen molar-refractivity contribution in [2.24, 2.45) is 5.92 Å². The Kier molecular flexibility index (Phi) is 2.99. The number of tetrazole rings is 1. The number of hydrogen-bond donors (Lipinski definition) is 0. The minimum Gasteiger partial charge on any atom is -0.355 e. The van der Waals surface area contributed by atoms with Crippen LogP contribution in [-0.4, -0.2) is 62.9 Å². The van der Waals surface area contributed by atoms with Crippen LogP contribution >= 0.6 is 0 Å². The first-order valence-corrected chi connectivity index (χ1v) is 7.41. The molecule has 0 spiro atoms. The van der Waals surface area contributed by atoms with Crippen molar-refractivity contribution in [1.82, 2.24) is 30.2 Å². The molecule has 0 saturated carbocycles. The van der Waals surface area contributed by atoms with Gasteiger partial charge in [-0.15, -0.1) is 14.8 Å². The third-order valence-corrected chi connectivity index (χ3v) is 4.38. The van der Waals surface area contributed by atoms with E-state index < -0.39 is 0 Å². The van der Waals surface area contributed by atoms with Gasteiger partial charge < -0.3 is 9.80 Å². The van der Waals surface area contributed by atoms with Gasteiger partial charge in [0.1, 0.15) is 0 Å². The summed E-state index contributed by atoms with van der Waals surface area (Å²) in [4.78, 5) is 4.95. The average Bonchev–Trinajstić information content (AvgIpc) is 3.19. The van der Waals surface area contributed by atoms with Gasteiger partial charge in [-0.05, 0) is 60.8 Å². The van der Waals surface area contributed by atoms with E-state index in [4.69, 9.17) is 0 Å². The average molecular weight is 273 g/mol. The van der Waals surface area contributed by atoms with E-state index in [2.05, 4.69) is 30.4 Å². The number of anilines is 1. The van der Waals surface area contributed by atoms with Crippen LogP contribution in [0.15, 0.2) is 12.1 Å². The van der Waals surface area contributed by atoms with Gasteiger partial charge in [-0.2, -0.15) is 0 Å². The predicted octanol–water partition coefficient (Wildman–Crippen LogP) is 0.441. The first kappa shape index (κ1) is 12.0. The molecule has 2 saturated heterocycles. The van der Waals surface area contributed by atoms with Crippen LogP contribution < -0.4 is 4.90 Å². The standard InChI is InChI=1S/C13H19N7/c1-2-7-18(6-1)9-11-5-8-19(10-11)13-4-3-12-14-16-17-20(12)15-13/h3-4,11H,1-2,5-10H2. The Hall–Kier alpha value is -1.76. The first-order chi connectivity index (χ1) is 9.88. The molecule has 1 atom stereocenters. The lowest BCUT2D eigenvalue weighted by atomic mass is 10.1. The molecule has 2 aromatic rings. The maximum atomic E-state index is 4.48. The molecule has 4 heterocycles. The Morgan fingerprint density at radius 2 is 2.05 bits per heavy atom. The molecule has 0 N–H and O–H groups in total. The maximum absolute atomic E-state index is 4.48. The predicted molar refractivity (Wildman–Crippen MR) is 74.6 cm³/mol. The van der Waals surface area contributed by atoms with Crippen molar-refractivity contribution in [3.63, 3.8) is 0 Å². The number of rotatable bonds is 3. The van der Waals surface area contributed by atoms with Crippen LogP contribution in [0.5, 0.6) is 0 Å². The van der Waals surface area contributed by atoms with Crippen molar-refractivity contribution < 1.29 is 0 Å². The normalized spacial score (nSPS) is 24.0. The zero-order valence-electron chi connectivity index (χ0n) is 11.5. The quantitative estimate of drug-likeness (QED) is 0.809. The summed E-state index contributed by atoms with van der Waals surface area (Å²) in [6, 6.07) is 3.94. The van der Waals surface area contributed by atoms with Crippen LogP contribution in [0.2, 0.25) is 0 Å². The van der Waals surface area contributed by atoms with Crippen molar-refractivity contribution in [3.8, 4) is 0 Å². The lowest BCUT2D eigenvalue weighted by Crippen LogP contribution is -2.29. The molecule has 7 heteroatoms. The van der Waals surface area contributed by atoms with Crippen molar-refractivity contribution in [1.29, 1.82) is 0 Å². The molecule has 7 nitrogen and oxygen atoms in total. The molecule has 2 aliphatic rings. The summed E-state index contributed by atoms with van der Waals surface area (Å²) in [6.45, 7) is 5.98. The maximum Gasteiger partial charge on any atom is 0.200 e. The van der Waals surface area contributed by atoms with E-state index in [1.54, 1.807) is 0 Å². The fraction of sp³-hybridized carbons (Fsp3) is 0.692. The first-order valence-electron chi connectivity index (χ1n) is 7.41. The topological polar surface area (TPSA) is 62.5 Å². The van der Waals surface area contributed by atoms with Gasteiger partial charge in [-0.3, -0.25) is 0 Å². The van der Waals surface area contributed by atoms with Gasteiger partial charge in [0.2, 0.25) is 0 Å². The van der Waals surface area contributed by atoms with Crippen LogP contribution in [-0.2, 0) is 0 Å². The number of nitrogens with zero attached hydrogens (tertiary/aromatic N) is 7. The van der Waals surface area contributed by atoms with E-state index >= 15 is 0 Å². The number of aromatic nitrogens is 5. The van der Waals surface area contributed by atoms with E-state index in [-0.39, 0.29) is 0 Å². The molecule has 106 valence electrons. The molecular formula is C13H19N7. The van der Waals surface area contributed by atoms with Gasteiger partial charge in [0.05, 0.1) is 0 Å². The molecule has 0 aromatic carbocycles. The second-order valence-electron chi connectivity index (χ2n) is 5.83. The largest absolute Gasteiger partial charge is 0.355 e. The molecule has 0 amide bonds.